The van der Waals surface area contributed by atoms with Gasteiger partial charge >= 0.3 is 0 Å². The van der Waals surface area contributed by atoms with E-state index in [1.54, 1.807) is 0 Å². The molecule has 0 N–H and O–H groups in total. The standard InChI is InChI=1S/C31H44O/c1-3-5-8-24-32-25-29-18-22-31(23-19-29)30-20-16-28(17-21-30)11-7-6-10-27-14-12-26(9-4-2)13-15-27/h4,9,16-23,26-27H,3,5-8,10-15,24-25H2,1-2H3/b9-4+. The highest BCUT2D eigenvalue weighted by Gasteiger charge is 2.18. The Labute approximate surface area is 197 Å². The fraction of sp³-hybridized carbons (Fsp3) is 0.548. The van der Waals surface area contributed by atoms with Gasteiger partial charge < -0.3 is 4.74 Å². The number of hydrogen-bond donors (Lipinski definition) is 0. The average Bonchev–Trinajstić information content (AvgIpc) is 2.84. The number of rotatable bonds is 13. The second-order valence-electron chi connectivity index (χ2n) is 9.71. The Morgan fingerprint density at radius 3 is 2.06 bits per heavy atom. The third-order valence-electron chi connectivity index (χ3n) is 7.09. The van der Waals surface area contributed by atoms with Gasteiger partial charge in [0.25, 0.3) is 0 Å². The molecule has 1 nitrogen and oxygen atoms in total. The SMILES string of the molecule is C/C=C/C1CCC(CCCCc2ccc(-c3ccc(COCCCCC)cc3)cc2)CC1. The van der Waals surface area contributed by atoms with E-state index in [0.29, 0.717) is 0 Å². The van der Waals surface area contributed by atoms with E-state index in [2.05, 4.69) is 74.5 Å². The maximum Gasteiger partial charge on any atom is 0.0716 e. The van der Waals surface area contributed by atoms with Gasteiger partial charge in [-0.1, -0.05) is 93.3 Å². The molecular weight excluding hydrogens is 388 g/mol. The molecule has 0 saturated heterocycles. The highest BCUT2D eigenvalue weighted by atomic mass is 16.5. The van der Waals surface area contributed by atoms with E-state index in [1.807, 2.05) is 0 Å². The molecule has 0 unspecified atom stereocenters. The molecule has 0 bridgehead atoms. The van der Waals surface area contributed by atoms with E-state index in [-0.39, 0.29) is 0 Å². The van der Waals surface area contributed by atoms with Crippen LogP contribution in [-0.2, 0) is 17.8 Å². The van der Waals surface area contributed by atoms with Crippen molar-refractivity contribution in [3.8, 4) is 11.1 Å². The van der Waals surface area contributed by atoms with Gasteiger partial charge in [0.15, 0.2) is 0 Å². The molecule has 2 aromatic carbocycles. The van der Waals surface area contributed by atoms with Crippen molar-refractivity contribution < 1.29 is 4.74 Å². The maximum atomic E-state index is 5.78. The summed E-state index contributed by atoms with van der Waals surface area (Å²) in [6.45, 7) is 5.97. The van der Waals surface area contributed by atoms with E-state index >= 15 is 0 Å². The van der Waals surface area contributed by atoms with Crippen LogP contribution in [0.25, 0.3) is 11.1 Å². The van der Waals surface area contributed by atoms with Crippen LogP contribution in [0.4, 0.5) is 0 Å². The van der Waals surface area contributed by atoms with Crippen LogP contribution in [0.2, 0.25) is 0 Å². The second-order valence-corrected chi connectivity index (χ2v) is 9.71. The minimum Gasteiger partial charge on any atom is -0.377 e. The summed E-state index contributed by atoms with van der Waals surface area (Å²) < 4.78 is 5.78. The van der Waals surface area contributed by atoms with Crippen LogP contribution < -0.4 is 0 Å². The van der Waals surface area contributed by atoms with Gasteiger partial charge in [0.1, 0.15) is 0 Å². The molecule has 0 heterocycles. The lowest BCUT2D eigenvalue weighted by Crippen LogP contribution is -2.13. The van der Waals surface area contributed by atoms with Gasteiger partial charge in [-0.05, 0) is 86.0 Å². The minimum atomic E-state index is 0.722. The molecule has 0 atom stereocenters. The van der Waals surface area contributed by atoms with Gasteiger partial charge in [0.2, 0.25) is 0 Å². The predicted octanol–water partition coefficient (Wildman–Crippen LogP) is 9.16. The van der Waals surface area contributed by atoms with Gasteiger partial charge in [0, 0.05) is 6.61 Å². The molecular formula is C31H44O. The van der Waals surface area contributed by atoms with Crippen LogP contribution in [0.3, 0.4) is 0 Å². The van der Waals surface area contributed by atoms with Crippen molar-refractivity contribution in [3.63, 3.8) is 0 Å². The highest BCUT2D eigenvalue weighted by Crippen LogP contribution is 2.32. The molecule has 0 aliphatic heterocycles. The van der Waals surface area contributed by atoms with Gasteiger partial charge in [-0.2, -0.15) is 0 Å². The summed E-state index contributed by atoms with van der Waals surface area (Å²) >= 11 is 0. The maximum absolute atomic E-state index is 5.78. The molecule has 1 aliphatic rings. The van der Waals surface area contributed by atoms with Gasteiger partial charge in [-0.15, -0.1) is 0 Å². The van der Waals surface area contributed by atoms with Crippen molar-refractivity contribution in [1.29, 1.82) is 0 Å². The summed E-state index contributed by atoms with van der Waals surface area (Å²) in [5, 5.41) is 0. The zero-order chi connectivity index (χ0) is 22.4. The topological polar surface area (TPSA) is 9.23 Å². The van der Waals surface area contributed by atoms with Gasteiger partial charge in [-0.3, -0.25) is 0 Å². The van der Waals surface area contributed by atoms with Crippen LogP contribution in [0.5, 0.6) is 0 Å². The van der Waals surface area contributed by atoms with Gasteiger partial charge in [0.05, 0.1) is 6.61 Å². The molecule has 0 amide bonds. The number of unbranched alkanes of at least 4 members (excludes halogenated alkanes) is 3. The Hall–Kier alpha value is -1.86. The van der Waals surface area contributed by atoms with E-state index < -0.39 is 0 Å². The molecule has 174 valence electrons. The lowest BCUT2D eigenvalue weighted by Gasteiger charge is -2.26. The van der Waals surface area contributed by atoms with E-state index in [1.165, 1.54) is 92.9 Å². The summed E-state index contributed by atoms with van der Waals surface area (Å²) in [7, 11) is 0. The molecule has 1 heteroatoms. The highest BCUT2D eigenvalue weighted by molar-refractivity contribution is 5.63. The summed E-state index contributed by atoms with van der Waals surface area (Å²) in [5.74, 6) is 1.83. The number of benzene rings is 2. The van der Waals surface area contributed by atoms with Crippen LogP contribution in [0.15, 0.2) is 60.7 Å². The van der Waals surface area contributed by atoms with Crippen molar-refractivity contribution in [3.05, 3.63) is 71.8 Å². The van der Waals surface area contributed by atoms with Gasteiger partial charge in [-0.25, -0.2) is 0 Å². The Kier molecular flexibility index (Phi) is 11.1. The zero-order valence-corrected chi connectivity index (χ0v) is 20.5. The van der Waals surface area contributed by atoms with E-state index in [0.717, 1.165) is 25.0 Å². The largest absolute Gasteiger partial charge is 0.377 e. The van der Waals surface area contributed by atoms with Crippen LogP contribution in [0, 0.1) is 11.8 Å². The normalized spacial score (nSPS) is 18.9. The monoisotopic (exact) mass is 432 g/mol. The van der Waals surface area contributed by atoms with Crippen molar-refractivity contribution in [2.45, 2.75) is 91.1 Å². The van der Waals surface area contributed by atoms with Crippen molar-refractivity contribution in [1.82, 2.24) is 0 Å². The van der Waals surface area contributed by atoms with E-state index in [9.17, 15) is 0 Å². The number of aryl methyl sites for hydroxylation is 1. The third-order valence-corrected chi connectivity index (χ3v) is 7.09. The molecule has 0 spiro atoms. The molecule has 0 aromatic heterocycles. The minimum absolute atomic E-state index is 0.722. The second kappa shape index (κ2) is 14.3. The van der Waals surface area contributed by atoms with Crippen LogP contribution in [-0.4, -0.2) is 6.61 Å². The summed E-state index contributed by atoms with van der Waals surface area (Å²) in [4.78, 5) is 0. The Balaban J connectivity index is 1.35. The van der Waals surface area contributed by atoms with Crippen molar-refractivity contribution in [2.24, 2.45) is 11.8 Å². The summed E-state index contributed by atoms with van der Waals surface area (Å²) in [5.41, 5.74) is 5.33. The Morgan fingerprint density at radius 2 is 1.44 bits per heavy atom. The first-order valence-electron chi connectivity index (χ1n) is 13.2. The van der Waals surface area contributed by atoms with Crippen molar-refractivity contribution in [2.75, 3.05) is 6.61 Å². The fourth-order valence-electron chi connectivity index (χ4n) is 5.01. The Morgan fingerprint density at radius 1 is 0.781 bits per heavy atom. The van der Waals surface area contributed by atoms with Crippen LogP contribution in [0.1, 0.15) is 89.2 Å². The average molecular weight is 433 g/mol. The summed E-state index contributed by atoms with van der Waals surface area (Å²) in [6.07, 6.45) is 19.3. The number of allylic oxidation sites excluding steroid dienone is 2. The first kappa shape index (κ1) is 24.8. The van der Waals surface area contributed by atoms with Crippen molar-refractivity contribution >= 4 is 0 Å². The Bertz CT molecular complexity index is 763. The molecule has 32 heavy (non-hydrogen) atoms. The fourth-order valence-corrected chi connectivity index (χ4v) is 5.01. The third kappa shape index (κ3) is 8.58. The first-order valence-corrected chi connectivity index (χ1v) is 13.2. The molecule has 1 aliphatic carbocycles. The number of ether oxygens (including phenoxy) is 1. The van der Waals surface area contributed by atoms with E-state index in [4.69, 9.17) is 4.74 Å². The lowest BCUT2D eigenvalue weighted by atomic mass is 9.79. The number of hydrogen-bond acceptors (Lipinski definition) is 1. The lowest BCUT2D eigenvalue weighted by molar-refractivity contribution is 0.117. The quantitative estimate of drug-likeness (QED) is 0.226. The molecule has 1 saturated carbocycles. The smallest absolute Gasteiger partial charge is 0.0716 e. The predicted molar refractivity (Wildman–Crippen MR) is 139 cm³/mol. The molecule has 2 aromatic rings. The first-order chi connectivity index (χ1) is 15.8. The zero-order valence-electron chi connectivity index (χ0n) is 20.5. The summed E-state index contributed by atoms with van der Waals surface area (Å²) in [6, 6.07) is 18.1. The molecule has 3 rings (SSSR count). The molecule has 0 radical (unpaired) electrons. The molecule has 1 fully saturated rings. The van der Waals surface area contributed by atoms with Crippen LogP contribution >= 0.6 is 0 Å².